The van der Waals surface area contributed by atoms with Crippen molar-refractivity contribution >= 4 is 11.8 Å². The van der Waals surface area contributed by atoms with E-state index < -0.39 is 0 Å². The molecule has 1 saturated heterocycles. The number of rotatable bonds is 2. The van der Waals surface area contributed by atoms with E-state index in [1.807, 2.05) is 20.8 Å². The maximum atomic E-state index is 11.3. The highest BCUT2D eigenvalue weighted by Crippen LogP contribution is 2.17. The Hall–Kier alpha value is -1.06. The van der Waals surface area contributed by atoms with Crippen LogP contribution in [0.1, 0.15) is 33.6 Å². The second-order valence-electron chi connectivity index (χ2n) is 3.28. The van der Waals surface area contributed by atoms with E-state index in [4.69, 9.17) is 0 Å². The molecule has 0 spiro atoms. The van der Waals surface area contributed by atoms with E-state index in [0.29, 0.717) is 25.9 Å². The molecule has 0 aromatic rings. The number of amides is 2. The molecule has 1 heterocycles. The average molecular weight is 214 g/mol. The number of hydrogen-bond acceptors (Lipinski definition) is 2. The monoisotopic (exact) mass is 214 g/mol. The third kappa shape index (κ3) is 3.90. The van der Waals surface area contributed by atoms with Crippen molar-refractivity contribution in [1.82, 2.24) is 10.2 Å². The van der Waals surface area contributed by atoms with Crippen LogP contribution in [-0.2, 0) is 9.59 Å². The second kappa shape index (κ2) is 7.26. The SMILES string of the molecule is CC.CCN1CC(C(=O)NC)CCC1=O. The Balaban J connectivity index is 0.000000921. The normalized spacial score (nSPS) is 20.4. The lowest BCUT2D eigenvalue weighted by atomic mass is 9.97. The summed E-state index contributed by atoms with van der Waals surface area (Å²) >= 11 is 0. The van der Waals surface area contributed by atoms with Gasteiger partial charge in [0.15, 0.2) is 0 Å². The fourth-order valence-corrected chi connectivity index (χ4v) is 1.64. The molecule has 15 heavy (non-hydrogen) atoms. The zero-order chi connectivity index (χ0) is 11.8. The third-order valence-corrected chi connectivity index (χ3v) is 2.50. The van der Waals surface area contributed by atoms with Crippen LogP contribution < -0.4 is 5.32 Å². The van der Waals surface area contributed by atoms with E-state index in [0.717, 1.165) is 0 Å². The van der Waals surface area contributed by atoms with Crippen molar-refractivity contribution < 1.29 is 9.59 Å². The van der Waals surface area contributed by atoms with Gasteiger partial charge in [0.2, 0.25) is 11.8 Å². The Morgan fingerprint density at radius 1 is 1.53 bits per heavy atom. The van der Waals surface area contributed by atoms with Gasteiger partial charge < -0.3 is 10.2 Å². The summed E-state index contributed by atoms with van der Waals surface area (Å²) in [5, 5.41) is 2.62. The van der Waals surface area contributed by atoms with Crippen LogP contribution in [0, 0.1) is 5.92 Å². The first-order valence-corrected chi connectivity index (χ1v) is 5.68. The molecule has 1 aliphatic rings. The van der Waals surface area contributed by atoms with Gasteiger partial charge in [0.25, 0.3) is 0 Å². The van der Waals surface area contributed by atoms with Gasteiger partial charge in [0.05, 0.1) is 5.92 Å². The lowest BCUT2D eigenvalue weighted by Gasteiger charge is -2.30. The summed E-state index contributed by atoms with van der Waals surface area (Å²) in [6, 6.07) is 0. The predicted molar refractivity (Wildman–Crippen MR) is 60.4 cm³/mol. The first-order chi connectivity index (χ1) is 7.19. The summed E-state index contributed by atoms with van der Waals surface area (Å²) in [7, 11) is 1.63. The van der Waals surface area contributed by atoms with Gasteiger partial charge in [-0.05, 0) is 13.3 Å². The third-order valence-electron chi connectivity index (χ3n) is 2.50. The van der Waals surface area contributed by atoms with E-state index in [1.54, 1.807) is 11.9 Å². The van der Waals surface area contributed by atoms with Crippen molar-refractivity contribution in [3.05, 3.63) is 0 Å². The molecule has 1 rings (SSSR count). The fraction of sp³-hybridized carbons (Fsp3) is 0.818. The summed E-state index contributed by atoms with van der Waals surface area (Å²) in [5.41, 5.74) is 0. The summed E-state index contributed by atoms with van der Waals surface area (Å²) in [6.07, 6.45) is 1.20. The number of carbonyl (C=O) groups is 2. The van der Waals surface area contributed by atoms with Crippen LogP contribution in [-0.4, -0.2) is 36.9 Å². The molecule has 1 N–H and O–H groups in total. The number of piperidine rings is 1. The molecule has 0 aromatic heterocycles. The van der Waals surface area contributed by atoms with E-state index >= 15 is 0 Å². The molecule has 1 unspecified atom stereocenters. The number of nitrogens with zero attached hydrogens (tertiary/aromatic N) is 1. The van der Waals surface area contributed by atoms with Crippen molar-refractivity contribution in [2.75, 3.05) is 20.1 Å². The van der Waals surface area contributed by atoms with Gasteiger partial charge in [0, 0.05) is 26.6 Å². The minimum absolute atomic E-state index is 0.0114. The van der Waals surface area contributed by atoms with Crippen LogP contribution in [0.3, 0.4) is 0 Å². The Bertz CT molecular complexity index is 217. The number of carbonyl (C=O) groups excluding carboxylic acids is 2. The molecule has 0 saturated carbocycles. The Morgan fingerprint density at radius 2 is 2.13 bits per heavy atom. The van der Waals surface area contributed by atoms with Gasteiger partial charge in [-0.15, -0.1) is 0 Å². The van der Waals surface area contributed by atoms with Gasteiger partial charge >= 0.3 is 0 Å². The highest BCUT2D eigenvalue weighted by atomic mass is 16.2. The first-order valence-electron chi connectivity index (χ1n) is 5.68. The lowest BCUT2D eigenvalue weighted by molar-refractivity contribution is -0.137. The molecule has 0 aliphatic carbocycles. The van der Waals surface area contributed by atoms with Crippen molar-refractivity contribution in [1.29, 1.82) is 0 Å². The van der Waals surface area contributed by atoms with Crippen molar-refractivity contribution in [3.63, 3.8) is 0 Å². The van der Waals surface area contributed by atoms with Crippen LogP contribution in [0.5, 0.6) is 0 Å². The average Bonchev–Trinajstić information content (AvgIpc) is 2.31. The Labute approximate surface area is 92.0 Å². The lowest BCUT2D eigenvalue weighted by Crippen LogP contribution is -2.44. The fourth-order valence-electron chi connectivity index (χ4n) is 1.64. The maximum Gasteiger partial charge on any atom is 0.224 e. The minimum atomic E-state index is -0.0114. The number of hydrogen-bond donors (Lipinski definition) is 1. The maximum absolute atomic E-state index is 11.3. The molecule has 2 amide bonds. The van der Waals surface area contributed by atoms with Crippen LogP contribution in [0.25, 0.3) is 0 Å². The van der Waals surface area contributed by atoms with Crippen molar-refractivity contribution in [2.24, 2.45) is 5.92 Å². The molecule has 88 valence electrons. The Morgan fingerprint density at radius 3 is 2.60 bits per heavy atom. The van der Waals surface area contributed by atoms with Crippen LogP contribution in [0.15, 0.2) is 0 Å². The summed E-state index contributed by atoms with van der Waals surface area (Å²) in [5.74, 6) is 0.205. The molecule has 1 fully saturated rings. The topological polar surface area (TPSA) is 49.4 Å². The first kappa shape index (κ1) is 13.9. The smallest absolute Gasteiger partial charge is 0.224 e. The van der Waals surface area contributed by atoms with E-state index in [9.17, 15) is 9.59 Å². The molecule has 4 heteroatoms. The summed E-state index contributed by atoms with van der Waals surface area (Å²) < 4.78 is 0. The molecule has 0 bridgehead atoms. The van der Waals surface area contributed by atoms with Gasteiger partial charge in [-0.2, -0.15) is 0 Å². The second-order valence-corrected chi connectivity index (χ2v) is 3.28. The molecule has 1 atom stereocenters. The summed E-state index contributed by atoms with van der Waals surface area (Å²) in [6.45, 7) is 7.21. The summed E-state index contributed by atoms with van der Waals surface area (Å²) in [4.78, 5) is 24.3. The number of nitrogens with one attached hydrogen (secondary N) is 1. The van der Waals surface area contributed by atoms with Gasteiger partial charge in [-0.3, -0.25) is 9.59 Å². The van der Waals surface area contributed by atoms with Crippen LogP contribution in [0.2, 0.25) is 0 Å². The molecular weight excluding hydrogens is 192 g/mol. The highest BCUT2D eigenvalue weighted by Gasteiger charge is 2.28. The molecule has 1 aliphatic heterocycles. The largest absolute Gasteiger partial charge is 0.359 e. The zero-order valence-electron chi connectivity index (χ0n) is 10.2. The standard InChI is InChI=1S/C9H16N2O2.C2H6/c1-3-11-6-7(9(13)10-2)4-5-8(11)12;1-2/h7H,3-6H2,1-2H3,(H,10,13);1-2H3. The molecule has 4 nitrogen and oxygen atoms in total. The minimum Gasteiger partial charge on any atom is -0.359 e. The molecular formula is C11H22N2O2. The van der Waals surface area contributed by atoms with Crippen LogP contribution in [0.4, 0.5) is 0 Å². The van der Waals surface area contributed by atoms with Crippen molar-refractivity contribution in [3.8, 4) is 0 Å². The zero-order valence-corrected chi connectivity index (χ0v) is 10.2. The van der Waals surface area contributed by atoms with Gasteiger partial charge in [-0.1, -0.05) is 13.8 Å². The quantitative estimate of drug-likeness (QED) is 0.746. The molecule has 0 aromatic carbocycles. The van der Waals surface area contributed by atoms with E-state index in [2.05, 4.69) is 5.32 Å². The van der Waals surface area contributed by atoms with Crippen LogP contribution >= 0.6 is 0 Å². The molecule has 0 radical (unpaired) electrons. The van der Waals surface area contributed by atoms with Crippen molar-refractivity contribution in [2.45, 2.75) is 33.6 Å². The van der Waals surface area contributed by atoms with Gasteiger partial charge in [0.1, 0.15) is 0 Å². The number of likely N-dealkylation sites (tertiary alicyclic amines) is 1. The van der Waals surface area contributed by atoms with Gasteiger partial charge in [-0.25, -0.2) is 0 Å². The van der Waals surface area contributed by atoms with E-state index in [-0.39, 0.29) is 17.7 Å². The highest BCUT2D eigenvalue weighted by molar-refractivity contribution is 5.83. The Kier molecular flexibility index (Phi) is 6.75. The van der Waals surface area contributed by atoms with E-state index in [1.165, 1.54) is 0 Å². The predicted octanol–water partition coefficient (Wildman–Crippen LogP) is 1.02.